The molecule has 2 heterocycles. The predicted molar refractivity (Wildman–Crippen MR) is 73.3 cm³/mol. The van der Waals surface area contributed by atoms with Crippen LogP contribution in [0.2, 0.25) is 0 Å². The van der Waals surface area contributed by atoms with Gasteiger partial charge in [-0.05, 0) is 25.1 Å². The van der Waals surface area contributed by atoms with Crippen LogP contribution >= 0.6 is 0 Å². The molecule has 1 aromatic carbocycles. The maximum absolute atomic E-state index is 5.96. The summed E-state index contributed by atoms with van der Waals surface area (Å²) in [4.78, 5) is 4.23. The Morgan fingerprint density at radius 1 is 1.11 bits per heavy atom. The molecule has 4 heteroatoms. The van der Waals surface area contributed by atoms with E-state index in [4.69, 9.17) is 5.73 Å². The first-order valence-corrected chi connectivity index (χ1v) is 6.07. The number of imidazole rings is 1. The maximum Gasteiger partial charge on any atom is 0.105 e. The molecule has 0 amide bonds. The summed E-state index contributed by atoms with van der Waals surface area (Å²) in [6.45, 7) is 3.86. The van der Waals surface area contributed by atoms with Crippen molar-refractivity contribution in [3.63, 3.8) is 0 Å². The molecule has 0 aliphatic rings. The number of nitrogens with two attached hydrogens (primary N) is 1. The topological polar surface area (TPSA) is 48.8 Å². The molecule has 18 heavy (non-hydrogen) atoms. The van der Waals surface area contributed by atoms with Gasteiger partial charge in [0.2, 0.25) is 0 Å². The number of hydrogen-bond acceptors (Lipinski definition) is 2. The second kappa shape index (κ2) is 4.22. The van der Waals surface area contributed by atoms with E-state index in [1.165, 1.54) is 5.52 Å². The van der Waals surface area contributed by atoms with Crippen molar-refractivity contribution in [2.24, 2.45) is 0 Å². The number of hydrogen-bond donors (Lipinski definition) is 1. The molecule has 3 aromatic rings. The Hall–Kier alpha value is -2.23. The van der Waals surface area contributed by atoms with Crippen molar-refractivity contribution in [3.8, 4) is 0 Å². The predicted octanol–water partition coefficient (Wildman–Crippen LogP) is 2.43. The summed E-state index contributed by atoms with van der Waals surface area (Å²) in [5, 5.41) is 1.12. The zero-order valence-corrected chi connectivity index (χ0v) is 10.4. The van der Waals surface area contributed by atoms with Crippen molar-refractivity contribution in [2.75, 3.05) is 5.73 Å². The van der Waals surface area contributed by atoms with Gasteiger partial charge in [-0.3, -0.25) is 0 Å². The van der Waals surface area contributed by atoms with Crippen molar-refractivity contribution in [1.82, 2.24) is 14.1 Å². The summed E-state index contributed by atoms with van der Waals surface area (Å²) in [6, 6.07) is 8.11. The lowest BCUT2D eigenvalue weighted by molar-refractivity contribution is 0.580. The van der Waals surface area contributed by atoms with Crippen LogP contribution in [-0.4, -0.2) is 14.1 Å². The molecular formula is C14H16N4. The summed E-state index contributed by atoms with van der Waals surface area (Å²) in [6.07, 6.45) is 5.93. The Morgan fingerprint density at radius 3 is 2.72 bits per heavy atom. The van der Waals surface area contributed by atoms with Gasteiger partial charge in [-0.2, -0.15) is 0 Å². The molecule has 0 fully saturated rings. The monoisotopic (exact) mass is 240 g/mol. The Kier molecular flexibility index (Phi) is 2.55. The first kappa shape index (κ1) is 10.9. The molecule has 0 aliphatic carbocycles. The summed E-state index contributed by atoms with van der Waals surface area (Å²) in [5.74, 6) is 1.05. The first-order valence-electron chi connectivity index (χ1n) is 6.07. The Balaban J connectivity index is 1.87. The average molecular weight is 240 g/mol. The van der Waals surface area contributed by atoms with Crippen LogP contribution in [0.15, 0.2) is 42.9 Å². The van der Waals surface area contributed by atoms with E-state index in [0.717, 1.165) is 30.0 Å². The number of rotatable bonds is 3. The summed E-state index contributed by atoms with van der Waals surface area (Å²) >= 11 is 0. The molecular weight excluding hydrogens is 224 g/mol. The third kappa shape index (κ3) is 1.76. The molecule has 2 aromatic heterocycles. The summed E-state index contributed by atoms with van der Waals surface area (Å²) in [7, 11) is 0. The fourth-order valence-corrected chi connectivity index (χ4v) is 2.30. The van der Waals surface area contributed by atoms with Crippen molar-refractivity contribution < 1.29 is 0 Å². The smallest absolute Gasteiger partial charge is 0.105 e. The molecule has 0 unspecified atom stereocenters. The largest absolute Gasteiger partial charge is 0.398 e. The van der Waals surface area contributed by atoms with E-state index in [0.29, 0.717) is 0 Å². The molecule has 4 nitrogen and oxygen atoms in total. The number of anilines is 1. The lowest BCUT2D eigenvalue weighted by Crippen LogP contribution is -2.07. The molecule has 0 bridgehead atoms. The van der Waals surface area contributed by atoms with E-state index >= 15 is 0 Å². The highest BCUT2D eigenvalue weighted by molar-refractivity contribution is 5.91. The lowest BCUT2D eigenvalue weighted by atomic mass is 10.2. The van der Waals surface area contributed by atoms with E-state index < -0.39 is 0 Å². The highest BCUT2D eigenvalue weighted by atomic mass is 15.1. The van der Waals surface area contributed by atoms with Gasteiger partial charge < -0.3 is 14.9 Å². The van der Waals surface area contributed by atoms with Crippen molar-refractivity contribution in [2.45, 2.75) is 20.0 Å². The maximum atomic E-state index is 5.96. The number of aromatic nitrogens is 3. The van der Waals surface area contributed by atoms with Crippen molar-refractivity contribution >= 4 is 16.6 Å². The molecule has 0 saturated carbocycles. The number of nitrogen functional groups attached to an aromatic ring is 1. The van der Waals surface area contributed by atoms with E-state index in [-0.39, 0.29) is 0 Å². The molecule has 3 rings (SSSR count). The number of nitrogens with zero attached hydrogens (tertiary/aromatic N) is 3. The van der Waals surface area contributed by atoms with E-state index in [1.807, 2.05) is 31.5 Å². The normalized spacial score (nSPS) is 11.2. The minimum Gasteiger partial charge on any atom is -0.398 e. The number of fused-ring (bicyclic) bond motifs is 1. The summed E-state index contributed by atoms with van der Waals surface area (Å²) < 4.78 is 4.38. The molecule has 0 atom stereocenters. The Bertz CT molecular complexity index is 678. The van der Waals surface area contributed by atoms with Gasteiger partial charge in [-0.15, -0.1) is 0 Å². The van der Waals surface area contributed by atoms with E-state index in [1.54, 1.807) is 0 Å². The molecule has 0 saturated heterocycles. The zero-order valence-electron chi connectivity index (χ0n) is 10.4. The minimum atomic E-state index is 0.838. The fourth-order valence-electron chi connectivity index (χ4n) is 2.30. The highest BCUT2D eigenvalue weighted by Crippen LogP contribution is 2.21. The van der Waals surface area contributed by atoms with Gasteiger partial charge >= 0.3 is 0 Å². The third-order valence-electron chi connectivity index (χ3n) is 3.35. The van der Waals surface area contributed by atoms with E-state index in [9.17, 15) is 0 Å². The standard InChI is InChI=1S/C14H16N4/c1-11-16-6-8-17(11)9-10-18-7-5-12-13(15)3-2-4-14(12)18/h2-8H,9-10,15H2,1H3. The second-order valence-corrected chi connectivity index (χ2v) is 4.46. The van der Waals surface area contributed by atoms with Crippen LogP contribution in [0, 0.1) is 6.92 Å². The molecule has 0 aliphatic heterocycles. The highest BCUT2D eigenvalue weighted by Gasteiger charge is 2.03. The van der Waals surface area contributed by atoms with Crippen LogP contribution in [0.3, 0.4) is 0 Å². The molecule has 2 N–H and O–H groups in total. The Morgan fingerprint density at radius 2 is 1.94 bits per heavy atom. The first-order chi connectivity index (χ1) is 8.75. The van der Waals surface area contributed by atoms with Crippen LogP contribution in [0.25, 0.3) is 10.9 Å². The zero-order chi connectivity index (χ0) is 12.5. The summed E-state index contributed by atoms with van der Waals surface area (Å²) in [5.41, 5.74) is 7.98. The van der Waals surface area contributed by atoms with Crippen LogP contribution in [-0.2, 0) is 13.1 Å². The van der Waals surface area contributed by atoms with Crippen LogP contribution < -0.4 is 5.73 Å². The van der Waals surface area contributed by atoms with Gasteiger partial charge in [0.1, 0.15) is 5.82 Å². The van der Waals surface area contributed by atoms with Crippen LogP contribution in [0.1, 0.15) is 5.82 Å². The molecule has 0 radical (unpaired) electrons. The van der Waals surface area contributed by atoms with Gasteiger partial charge in [0.05, 0.1) is 5.52 Å². The average Bonchev–Trinajstić information content (AvgIpc) is 2.94. The van der Waals surface area contributed by atoms with Gasteiger partial charge in [0.15, 0.2) is 0 Å². The fraction of sp³-hybridized carbons (Fsp3) is 0.214. The van der Waals surface area contributed by atoms with Gasteiger partial charge in [-0.25, -0.2) is 4.98 Å². The van der Waals surface area contributed by atoms with Gasteiger partial charge in [-0.1, -0.05) is 6.07 Å². The Labute approximate surface area is 106 Å². The second-order valence-electron chi connectivity index (χ2n) is 4.46. The SMILES string of the molecule is Cc1nccn1CCn1ccc2c(N)cccc21. The minimum absolute atomic E-state index is 0.838. The number of benzene rings is 1. The van der Waals surface area contributed by atoms with Gasteiger partial charge in [0, 0.05) is 42.8 Å². The molecule has 0 spiro atoms. The lowest BCUT2D eigenvalue weighted by Gasteiger charge is -2.08. The third-order valence-corrected chi connectivity index (χ3v) is 3.35. The quantitative estimate of drug-likeness (QED) is 0.715. The van der Waals surface area contributed by atoms with Crippen molar-refractivity contribution in [1.29, 1.82) is 0 Å². The molecule has 92 valence electrons. The van der Waals surface area contributed by atoms with Crippen LogP contribution in [0.5, 0.6) is 0 Å². The van der Waals surface area contributed by atoms with Crippen molar-refractivity contribution in [3.05, 3.63) is 48.7 Å². The van der Waals surface area contributed by atoms with Crippen LogP contribution in [0.4, 0.5) is 5.69 Å². The van der Waals surface area contributed by atoms with E-state index in [2.05, 4.69) is 32.4 Å². The van der Waals surface area contributed by atoms with Gasteiger partial charge in [0.25, 0.3) is 0 Å². The number of aryl methyl sites for hydroxylation is 3.